The molecule has 0 radical (unpaired) electrons. The van der Waals surface area contributed by atoms with E-state index >= 15 is 0 Å². The van der Waals surface area contributed by atoms with Crippen LogP contribution in [0.25, 0.3) is 10.8 Å². The SMILES string of the molecule is Cc1nn(C)c(NC(=O)Cc2nc(-c3cccs3)oc2C)c1C. The van der Waals surface area contributed by atoms with Gasteiger partial charge in [0.25, 0.3) is 0 Å². The minimum absolute atomic E-state index is 0.134. The predicted octanol–water partition coefficient (Wildman–Crippen LogP) is 3.24. The third-order valence-corrected chi connectivity index (χ3v) is 4.59. The average Bonchev–Trinajstić information content (AvgIpc) is 3.18. The van der Waals surface area contributed by atoms with Gasteiger partial charge >= 0.3 is 0 Å². The van der Waals surface area contributed by atoms with Crippen LogP contribution in [0.2, 0.25) is 0 Å². The van der Waals surface area contributed by atoms with Crippen LogP contribution in [0.3, 0.4) is 0 Å². The molecule has 3 heterocycles. The van der Waals surface area contributed by atoms with Gasteiger partial charge in [-0.15, -0.1) is 11.3 Å². The van der Waals surface area contributed by atoms with Crippen molar-refractivity contribution in [3.63, 3.8) is 0 Å². The van der Waals surface area contributed by atoms with Crippen molar-refractivity contribution in [3.05, 3.63) is 40.2 Å². The summed E-state index contributed by atoms with van der Waals surface area (Å²) in [5.41, 5.74) is 2.53. The van der Waals surface area contributed by atoms with E-state index in [1.807, 2.05) is 45.3 Å². The predicted molar refractivity (Wildman–Crippen MR) is 89.6 cm³/mol. The number of anilines is 1. The number of carbonyl (C=O) groups excluding carboxylic acids is 1. The Hall–Kier alpha value is -2.41. The highest BCUT2D eigenvalue weighted by molar-refractivity contribution is 7.13. The highest BCUT2D eigenvalue weighted by Crippen LogP contribution is 2.26. The average molecular weight is 330 g/mol. The largest absolute Gasteiger partial charge is 0.440 e. The summed E-state index contributed by atoms with van der Waals surface area (Å²) in [5.74, 6) is 1.81. The smallest absolute Gasteiger partial charge is 0.236 e. The lowest BCUT2D eigenvalue weighted by atomic mass is 10.2. The number of amides is 1. The first-order chi connectivity index (χ1) is 11.0. The lowest BCUT2D eigenvalue weighted by molar-refractivity contribution is -0.115. The summed E-state index contributed by atoms with van der Waals surface area (Å²) in [6.45, 7) is 5.68. The van der Waals surface area contributed by atoms with Gasteiger partial charge in [0.2, 0.25) is 11.8 Å². The zero-order valence-electron chi connectivity index (χ0n) is 13.5. The Labute approximate surface area is 138 Å². The van der Waals surface area contributed by atoms with Gasteiger partial charge in [0.05, 0.1) is 22.7 Å². The maximum absolute atomic E-state index is 12.3. The number of oxazole rings is 1. The molecule has 0 atom stereocenters. The molecule has 0 fully saturated rings. The van der Waals surface area contributed by atoms with Crippen molar-refractivity contribution < 1.29 is 9.21 Å². The fourth-order valence-corrected chi connectivity index (χ4v) is 3.01. The summed E-state index contributed by atoms with van der Waals surface area (Å²) in [6.07, 6.45) is 0.171. The standard InChI is InChI=1S/C16H18N4O2S/c1-9-10(2)19-20(4)15(9)18-14(21)8-12-11(3)22-16(17-12)13-6-5-7-23-13/h5-7H,8H2,1-4H3,(H,18,21). The number of aromatic nitrogens is 3. The second-order valence-corrected chi connectivity index (χ2v) is 6.35. The van der Waals surface area contributed by atoms with Gasteiger partial charge in [-0.1, -0.05) is 6.07 Å². The van der Waals surface area contributed by atoms with E-state index in [2.05, 4.69) is 15.4 Å². The van der Waals surface area contributed by atoms with Gasteiger partial charge in [-0.25, -0.2) is 4.98 Å². The molecule has 0 saturated heterocycles. The van der Waals surface area contributed by atoms with E-state index in [1.54, 1.807) is 16.0 Å². The van der Waals surface area contributed by atoms with E-state index in [1.165, 1.54) is 0 Å². The molecule has 0 unspecified atom stereocenters. The maximum atomic E-state index is 12.3. The minimum atomic E-state index is -0.134. The van der Waals surface area contributed by atoms with E-state index in [9.17, 15) is 4.79 Å². The first kappa shape index (κ1) is 15.5. The summed E-state index contributed by atoms with van der Waals surface area (Å²) in [5, 5.41) is 9.16. The summed E-state index contributed by atoms with van der Waals surface area (Å²) in [7, 11) is 1.81. The van der Waals surface area contributed by atoms with Gasteiger partial charge < -0.3 is 9.73 Å². The van der Waals surface area contributed by atoms with E-state index < -0.39 is 0 Å². The lowest BCUT2D eigenvalue weighted by Crippen LogP contribution is -2.18. The zero-order chi connectivity index (χ0) is 16.6. The number of nitrogens with zero attached hydrogens (tertiary/aromatic N) is 3. The molecule has 0 aliphatic rings. The Morgan fingerprint density at radius 2 is 2.17 bits per heavy atom. The van der Waals surface area contributed by atoms with Crippen molar-refractivity contribution >= 4 is 23.1 Å². The van der Waals surface area contributed by atoms with Crippen molar-refractivity contribution in [1.29, 1.82) is 0 Å². The van der Waals surface area contributed by atoms with Crippen LogP contribution in [0.1, 0.15) is 22.7 Å². The fourth-order valence-electron chi connectivity index (χ4n) is 2.36. The lowest BCUT2D eigenvalue weighted by Gasteiger charge is -2.05. The van der Waals surface area contributed by atoms with Crippen LogP contribution < -0.4 is 5.32 Å². The molecule has 23 heavy (non-hydrogen) atoms. The summed E-state index contributed by atoms with van der Waals surface area (Å²) in [6, 6.07) is 3.89. The number of aryl methyl sites for hydroxylation is 3. The van der Waals surface area contributed by atoms with Crippen LogP contribution in [0.4, 0.5) is 5.82 Å². The molecule has 0 aliphatic carbocycles. The number of carbonyl (C=O) groups is 1. The fraction of sp³-hybridized carbons (Fsp3) is 0.312. The molecular formula is C16H18N4O2S. The van der Waals surface area contributed by atoms with Gasteiger partial charge in [-0.05, 0) is 32.2 Å². The zero-order valence-corrected chi connectivity index (χ0v) is 14.3. The Morgan fingerprint density at radius 3 is 2.78 bits per heavy atom. The van der Waals surface area contributed by atoms with Crippen LogP contribution >= 0.6 is 11.3 Å². The van der Waals surface area contributed by atoms with E-state index in [4.69, 9.17) is 4.42 Å². The molecule has 7 heteroatoms. The number of nitrogens with one attached hydrogen (secondary N) is 1. The second kappa shape index (κ2) is 6.00. The third-order valence-electron chi connectivity index (χ3n) is 3.73. The molecule has 3 rings (SSSR count). The van der Waals surface area contributed by atoms with Crippen LogP contribution in [0, 0.1) is 20.8 Å². The van der Waals surface area contributed by atoms with Crippen LogP contribution in [0.5, 0.6) is 0 Å². The first-order valence-corrected chi connectivity index (χ1v) is 8.14. The van der Waals surface area contributed by atoms with E-state index in [0.717, 1.165) is 16.1 Å². The number of rotatable bonds is 4. The minimum Gasteiger partial charge on any atom is -0.440 e. The molecule has 3 aromatic heterocycles. The first-order valence-electron chi connectivity index (χ1n) is 7.26. The highest BCUT2D eigenvalue weighted by atomic mass is 32.1. The van der Waals surface area contributed by atoms with E-state index in [0.29, 0.717) is 23.2 Å². The molecule has 0 aliphatic heterocycles. The number of hydrogen-bond donors (Lipinski definition) is 1. The van der Waals surface area contributed by atoms with Crippen molar-refractivity contribution in [2.75, 3.05) is 5.32 Å². The van der Waals surface area contributed by atoms with Gasteiger partial charge in [-0.3, -0.25) is 9.48 Å². The molecule has 6 nitrogen and oxygen atoms in total. The molecule has 120 valence electrons. The molecule has 0 aromatic carbocycles. The highest BCUT2D eigenvalue weighted by Gasteiger charge is 2.17. The number of thiophene rings is 1. The molecule has 3 aromatic rings. The molecule has 0 bridgehead atoms. The number of hydrogen-bond acceptors (Lipinski definition) is 5. The topological polar surface area (TPSA) is 73.0 Å². The normalized spacial score (nSPS) is 11.0. The van der Waals surface area contributed by atoms with E-state index in [-0.39, 0.29) is 12.3 Å². The molecular weight excluding hydrogens is 312 g/mol. The molecule has 0 spiro atoms. The van der Waals surface area contributed by atoms with Crippen LogP contribution in [-0.4, -0.2) is 20.7 Å². The summed E-state index contributed by atoms with van der Waals surface area (Å²) in [4.78, 5) is 17.7. The van der Waals surface area contributed by atoms with Crippen LogP contribution in [0.15, 0.2) is 21.9 Å². The quantitative estimate of drug-likeness (QED) is 0.797. The monoisotopic (exact) mass is 330 g/mol. The van der Waals surface area contributed by atoms with Crippen molar-refractivity contribution in [2.45, 2.75) is 27.2 Å². The summed E-state index contributed by atoms with van der Waals surface area (Å²) >= 11 is 1.56. The van der Waals surface area contributed by atoms with Crippen molar-refractivity contribution in [3.8, 4) is 10.8 Å². The van der Waals surface area contributed by atoms with Crippen LogP contribution in [-0.2, 0) is 18.3 Å². The molecule has 0 saturated carbocycles. The Kier molecular flexibility index (Phi) is 4.04. The van der Waals surface area contributed by atoms with Gasteiger partial charge in [0, 0.05) is 12.6 Å². The molecule has 1 N–H and O–H groups in total. The van der Waals surface area contributed by atoms with Crippen molar-refractivity contribution in [1.82, 2.24) is 14.8 Å². The Morgan fingerprint density at radius 1 is 1.39 bits per heavy atom. The molecule has 1 amide bonds. The maximum Gasteiger partial charge on any atom is 0.236 e. The Balaban J connectivity index is 1.76. The van der Waals surface area contributed by atoms with Gasteiger partial charge in [0.1, 0.15) is 11.6 Å². The summed E-state index contributed by atoms with van der Waals surface area (Å²) < 4.78 is 7.34. The van der Waals surface area contributed by atoms with Gasteiger partial charge in [0.15, 0.2) is 0 Å². The van der Waals surface area contributed by atoms with Crippen molar-refractivity contribution in [2.24, 2.45) is 7.05 Å². The Bertz CT molecular complexity index is 846. The van der Waals surface area contributed by atoms with Gasteiger partial charge in [-0.2, -0.15) is 5.10 Å². The second-order valence-electron chi connectivity index (χ2n) is 5.41. The third kappa shape index (κ3) is 3.05.